The number of piperidine rings is 1. The SMILES string of the molecule is CCCCNC(=O)C1CCN(C(=O)[C@@H](N)C(C)(C)C)CC1.Cl. The molecule has 3 N–H and O–H groups in total. The van der Waals surface area contributed by atoms with Crippen LogP contribution in [0.3, 0.4) is 0 Å². The van der Waals surface area contributed by atoms with E-state index in [1.54, 1.807) is 0 Å². The molecule has 6 heteroatoms. The number of hydrogen-bond acceptors (Lipinski definition) is 3. The number of rotatable bonds is 5. The molecule has 1 aliphatic rings. The van der Waals surface area contributed by atoms with Crippen LogP contribution in [0, 0.1) is 11.3 Å². The first-order valence-corrected chi connectivity index (χ1v) is 8.09. The van der Waals surface area contributed by atoms with Crippen LogP contribution in [-0.2, 0) is 9.59 Å². The molecule has 0 aliphatic carbocycles. The van der Waals surface area contributed by atoms with Gasteiger partial charge in [0.25, 0.3) is 0 Å². The molecule has 0 aromatic rings. The Morgan fingerprint density at radius 1 is 1.27 bits per heavy atom. The molecule has 1 fully saturated rings. The molecule has 1 aliphatic heterocycles. The minimum Gasteiger partial charge on any atom is -0.356 e. The minimum atomic E-state index is -0.479. The van der Waals surface area contributed by atoms with E-state index in [2.05, 4.69) is 12.2 Å². The van der Waals surface area contributed by atoms with Crippen molar-refractivity contribution in [3.63, 3.8) is 0 Å². The highest BCUT2D eigenvalue weighted by Crippen LogP contribution is 2.23. The average Bonchev–Trinajstić information content (AvgIpc) is 2.45. The quantitative estimate of drug-likeness (QED) is 0.755. The Bertz CT molecular complexity index is 361. The second-order valence-corrected chi connectivity index (χ2v) is 7.09. The van der Waals surface area contributed by atoms with Crippen molar-refractivity contribution in [2.24, 2.45) is 17.1 Å². The highest BCUT2D eigenvalue weighted by atomic mass is 35.5. The Morgan fingerprint density at radius 3 is 2.27 bits per heavy atom. The number of nitrogens with one attached hydrogen (secondary N) is 1. The minimum absolute atomic E-state index is 0. The average molecular weight is 334 g/mol. The van der Waals surface area contributed by atoms with E-state index in [9.17, 15) is 9.59 Å². The lowest BCUT2D eigenvalue weighted by Gasteiger charge is -2.36. The van der Waals surface area contributed by atoms with Crippen molar-refractivity contribution in [2.45, 2.75) is 59.4 Å². The summed E-state index contributed by atoms with van der Waals surface area (Å²) in [7, 11) is 0. The summed E-state index contributed by atoms with van der Waals surface area (Å²) in [6, 6.07) is -0.479. The maximum absolute atomic E-state index is 12.3. The van der Waals surface area contributed by atoms with Gasteiger partial charge in [-0.15, -0.1) is 12.4 Å². The Morgan fingerprint density at radius 2 is 1.82 bits per heavy atom. The number of carbonyl (C=O) groups is 2. The molecule has 130 valence electrons. The van der Waals surface area contributed by atoms with E-state index in [1.165, 1.54) is 0 Å². The molecular weight excluding hydrogens is 302 g/mol. The Hall–Kier alpha value is -0.810. The van der Waals surface area contributed by atoms with Gasteiger partial charge in [0.1, 0.15) is 0 Å². The van der Waals surface area contributed by atoms with Crippen LogP contribution in [0.2, 0.25) is 0 Å². The van der Waals surface area contributed by atoms with E-state index in [0.717, 1.165) is 32.2 Å². The number of likely N-dealkylation sites (tertiary alicyclic amines) is 1. The Labute approximate surface area is 140 Å². The number of nitrogens with two attached hydrogens (primary N) is 1. The molecule has 2 amide bonds. The molecule has 1 rings (SSSR count). The number of halogens is 1. The molecule has 1 saturated heterocycles. The van der Waals surface area contributed by atoms with Gasteiger partial charge in [-0.1, -0.05) is 34.1 Å². The van der Waals surface area contributed by atoms with Crippen LogP contribution in [0.1, 0.15) is 53.4 Å². The van der Waals surface area contributed by atoms with Crippen LogP contribution in [0.4, 0.5) is 0 Å². The standard InChI is InChI=1S/C16H31N3O2.ClH/c1-5-6-9-18-14(20)12-7-10-19(11-8-12)15(21)13(17)16(2,3)4;/h12-13H,5-11,17H2,1-4H3,(H,18,20);1H/t13-;/m1./s1. The first-order valence-electron chi connectivity index (χ1n) is 8.09. The van der Waals surface area contributed by atoms with Gasteiger partial charge in [0.05, 0.1) is 6.04 Å². The fourth-order valence-corrected chi connectivity index (χ4v) is 2.46. The lowest BCUT2D eigenvalue weighted by molar-refractivity contribution is -0.138. The first kappa shape index (κ1) is 21.2. The third-order valence-corrected chi connectivity index (χ3v) is 4.21. The molecule has 0 radical (unpaired) electrons. The molecule has 0 unspecified atom stereocenters. The van der Waals surface area contributed by atoms with Crippen LogP contribution in [-0.4, -0.2) is 42.4 Å². The summed E-state index contributed by atoms with van der Waals surface area (Å²) >= 11 is 0. The summed E-state index contributed by atoms with van der Waals surface area (Å²) in [4.78, 5) is 26.1. The molecule has 1 atom stereocenters. The lowest BCUT2D eigenvalue weighted by Crippen LogP contribution is -2.53. The zero-order chi connectivity index (χ0) is 16.0. The van der Waals surface area contributed by atoms with Gasteiger partial charge in [-0.05, 0) is 24.7 Å². The number of carbonyl (C=O) groups excluding carboxylic acids is 2. The van der Waals surface area contributed by atoms with Gasteiger partial charge in [-0.2, -0.15) is 0 Å². The summed E-state index contributed by atoms with van der Waals surface area (Å²) in [6.45, 7) is 10.1. The Balaban J connectivity index is 0.00000441. The van der Waals surface area contributed by atoms with Crippen molar-refractivity contribution >= 4 is 24.2 Å². The fourth-order valence-electron chi connectivity index (χ4n) is 2.46. The van der Waals surface area contributed by atoms with Crippen LogP contribution >= 0.6 is 12.4 Å². The number of nitrogens with zero attached hydrogens (tertiary/aromatic N) is 1. The summed E-state index contributed by atoms with van der Waals surface area (Å²) < 4.78 is 0. The normalized spacial score (nSPS) is 17.6. The largest absolute Gasteiger partial charge is 0.356 e. The topological polar surface area (TPSA) is 75.4 Å². The second kappa shape index (κ2) is 9.36. The lowest BCUT2D eigenvalue weighted by atomic mass is 9.85. The summed E-state index contributed by atoms with van der Waals surface area (Å²) in [5.74, 6) is 0.180. The highest BCUT2D eigenvalue weighted by Gasteiger charge is 2.34. The van der Waals surface area contributed by atoms with Crippen molar-refractivity contribution < 1.29 is 9.59 Å². The monoisotopic (exact) mass is 333 g/mol. The molecule has 0 spiro atoms. The van der Waals surface area contributed by atoms with Crippen molar-refractivity contribution in [2.75, 3.05) is 19.6 Å². The first-order chi connectivity index (χ1) is 9.77. The molecule has 1 heterocycles. The van der Waals surface area contributed by atoms with Gasteiger partial charge < -0.3 is 16.0 Å². The van der Waals surface area contributed by atoms with Gasteiger partial charge in [0, 0.05) is 25.6 Å². The van der Waals surface area contributed by atoms with Crippen molar-refractivity contribution in [1.29, 1.82) is 0 Å². The smallest absolute Gasteiger partial charge is 0.240 e. The van der Waals surface area contributed by atoms with E-state index in [4.69, 9.17) is 5.73 Å². The number of amides is 2. The third-order valence-electron chi connectivity index (χ3n) is 4.21. The Kier molecular flexibility index (Phi) is 9.01. The van der Waals surface area contributed by atoms with E-state index >= 15 is 0 Å². The molecule has 22 heavy (non-hydrogen) atoms. The van der Waals surface area contributed by atoms with Gasteiger partial charge in [-0.3, -0.25) is 9.59 Å². The predicted octanol–water partition coefficient (Wildman–Crippen LogP) is 1.94. The van der Waals surface area contributed by atoms with Gasteiger partial charge >= 0.3 is 0 Å². The molecule has 0 aromatic heterocycles. The van der Waals surface area contributed by atoms with Crippen LogP contribution in [0.25, 0.3) is 0 Å². The molecule has 0 bridgehead atoms. The maximum atomic E-state index is 12.3. The fraction of sp³-hybridized carbons (Fsp3) is 0.875. The second-order valence-electron chi connectivity index (χ2n) is 7.09. The predicted molar refractivity (Wildman–Crippen MR) is 91.9 cm³/mol. The molecular formula is C16H32ClN3O2. The summed E-state index contributed by atoms with van der Waals surface area (Å²) in [5.41, 5.74) is 5.80. The number of hydrogen-bond donors (Lipinski definition) is 2. The molecule has 0 aromatic carbocycles. The summed E-state index contributed by atoms with van der Waals surface area (Å²) in [5, 5.41) is 2.98. The molecule has 0 saturated carbocycles. The van der Waals surface area contributed by atoms with Crippen molar-refractivity contribution in [3.05, 3.63) is 0 Å². The van der Waals surface area contributed by atoms with Crippen molar-refractivity contribution in [1.82, 2.24) is 10.2 Å². The van der Waals surface area contributed by atoms with Crippen LogP contribution in [0.15, 0.2) is 0 Å². The van der Waals surface area contributed by atoms with Crippen LogP contribution < -0.4 is 11.1 Å². The zero-order valence-corrected chi connectivity index (χ0v) is 15.2. The van der Waals surface area contributed by atoms with Crippen molar-refractivity contribution in [3.8, 4) is 0 Å². The zero-order valence-electron chi connectivity index (χ0n) is 14.4. The van der Waals surface area contributed by atoms with Gasteiger partial charge in [-0.25, -0.2) is 0 Å². The van der Waals surface area contributed by atoms with E-state index in [0.29, 0.717) is 13.1 Å². The maximum Gasteiger partial charge on any atom is 0.240 e. The van der Waals surface area contributed by atoms with Gasteiger partial charge in [0.2, 0.25) is 11.8 Å². The van der Waals surface area contributed by atoms with E-state index < -0.39 is 6.04 Å². The highest BCUT2D eigenvalue weighted by molar-refractivity contribution is 5.85. The van der Waals surface area contributed by atoms with E-state index in [1.807, 2.05) is 25.7 Å². The van der Waals surface area contributed by atoms with E-state index in [-0.39, 0.29) is 35.6 Å². The molecule has 5 nitrogen and oxygen atoms in total. The third kappa shape index (κ3) is 6.13. The summed E-state index contributed by atoms with van der Waals surface area (Å²) in [6.07, 6.45) is 3.57. The number of unbranched alkanes of at least 4 members (excludes halogenated alkanes) is 1. The van der Waals surface area contributed by atoms with Crippen LogP contribution in [0.5, 0.6) is 0 Å². The van der Waals surface area contributed by atoms with Gasteiger partial charge in [0.15, 0.2) is 0 Å².